The smallest absolute Gasteiger partial charge is 0.295 e. The van der Waals surface area contributed by atoms with Crippen LogP contribution in [0.1, 0.15) is 64.4 Å². The quantitative estimate of drug-likeness (QED) is 0.323. The summed E-state index contributed by atoms with van der Waals surface area (Å²) >= 11 is 0. The number of aromatic nitrogens is 1. The van der Waals surface area contributed by atoms with Gasteiger partial charge in [0.2, 0.25) is 0 Å². The van der Waals surface area contributed by atoms with Gasteiger partial charge in [-0.05, 0) is 55.8 Å². The normalized spacial score (nSPS) is 17.9. The van der Waals surface area contributed by atoms with Crippen LogP contribution in [-0.4, -0.2) is 64.4 Å². The summed E-state index contributed by atoms with van der Waals surface area (Å²) in [7, 11) is 0. The Hall–Kier alpha value is -3.19. The number of pyridine rings is 1. The van der Waals surface area contributed by atoms with Gasteiger partial charge in [0.1, 0.15) is 17.6 Å². The maximum atomic E-state index is 13.3. The van der Waals surface area contributed by atoms with Crippen molar-refractivity contribution in [3.63, 3.8) is 0 Å². The molecule has 1 aliphatic heterocycles. The summed E-state index contributed by atoms with van der Waals surface area (Å²) in [6.45, 7) is 15.4. The Morgan fingerprint density at radius 1 is 1.11 bits per heavy atom. The van der Waals surface area contributed by atoms with Crippen LogP contribution in [-0.2, 0) is 15.0 Å². The highest BCUT2D eigenvalue weighted by molar-refractivity contribution is 6.46. The van der Waals surface area contributed by atoms with E-state index in [1.165, 1.54) is 4.90 Å². The van der Waals surface area contributed by atoms with E-state index < -0.39 is 17.7 Å². The van der Waals surface area contributed by atoms with Crippen molar-refractivity contribution in [2.24, 2.45) is 0 Å². The summed E-state index contributed by atoms with van der Waals surface area (Å²) < 4.78 is 5.80. The Morgan fingerprint density at radius 3 is 2.40 bits per heavy atom. The van der Waals surface area contributed by atoms with Crippen LogP contribution in [0, 0.1) is 0 Å². The van der Waals surface area contributed by atoms with Gasteiger partial charge >= 0.3 is 0 Å². The van der Waals surface area contributed by atoms with E-state index in [4.69, 9.17) is 4.74 Å². The Kier molecular flexibility index (Phi) is 8.33. The standard InChI is InChI=1S/C28H37N3O4/c1-7-30(8-2)16-17-31-24(21-12-10-11-15-29-21)23(26(33)27(31)34)25(32)19-13-14-22(35-9-3)20(18-19)28(4,5)6/h10-15,18,24,32H,7-9,16-17H2,1-6H3/b25-23-. The number of aliphatic hydroxyl groups excluding tert-OH is 1. The minimum atomic E-state index is -0.753. The van der Waals surface area contributed by atoms with Gasteiger partial charge in [-0.15, -0.1) is 0 Å². The SMILES string of the molecule is CCOc1ccc(/C(O)=C2/C(=O)C(=O)N(CCN(CC)CC)C2c2ccccn2)cc1C(C)(C)C. The molecule has 2 heterocycles. The number of ketones is 1. The Bertz CT molecular complexity index is 1090. The second-order valence-electron chi connectivity index (χ2n) is 9.67. The van der Waals surface area contributed by atoms with Gasteiger partial charge in [-0.2, -0.15) is 0 Å². The summed E-state index contributed by atoms with van der Waals surface area (Å²) in [6, 6.07) is 10.0. The van der Waals surface area contributed by atoms with Gasteiger partial charge in [0.05, 0.1) is 17.9 Å². The number of likely N-dealkylation sites (N-methyl/N-ethyl adjacent to an activating group) is 1. The van der Waals surface area contributed by atoms with E-state index in [9.17, 15) is 14.7 Å². The molecule has 188 valence electrons. The fraction of sp³-hybridized carbons (Fsp3) is 0.464. The predicted octanol–water partition coefficient (Wildman–Crippen LogP) is 4.54. The van der Waals surface area contributed by atoms with Crippen molar-refractivity contribution >= 4 is 17.4 Å². The molecule has 1 aromatic heterocycles. The number of aliphatic hydroxyl groups is 1. The lowest BCUT2D eigenvalue weighted by Crippen LogP contribution is -2.38. The molecule has 1 fully saturated rings. The molecule has 0 bridgehead atoms. The van der Waals surface area contributed by atoms with Crippen LogP contribution in [0.2, 0.25) is 0 Å². The number of hydrogen-bond acceptors (Lipinski definition) is 6. The maximum Gasteiger partial charge on any atom is 0.295 e. The molecular formula is C28H37N3O4. The average Bonchev–Trinajstić information content (AvgIpc) is 3.09. The highest BCUT2D eigenvalue weighted by Gasteiger charge is 2.46. The number of carbonyl (C=O) groups excluding carboxylic acids is 2. The van der Waals surface area contributed by atoms with Gasteiger partial charge in [-0.1, -0.05) is 40.7 Å². The van der Waals surface area contributed by atoms with Crippen LogP contribution < -0.4 is 4.74 Å². The zero-order valence-corrected chi connectivity index (χ0v) is 21.7. The molecule has 1 amide bonds. The Labute approximate surface area is 208 Å². The molecule has 1 saturated heterocycles. The molecule has 0 aliphatic carbocycles. The molecule has 1 aromatic carbocycles. The van der Waals surface area contributed by atoms with Crippen molar-refractivity contribution in [2.75, 3.05) is 32.8 Å². The maximum absolute atomic E-state index is 13.3. The minimum Gasteiger partial charge on any atom is -0.507 e. The first-order valence-corrected chi connectivity index (χ1v) is 12.3. The second-order valence-corrected chi connectivity index (χ2v) is 9.67. The zero-order valence-electron chi connectivity index (χ0n) is 21.7. The largest absolute Gasteiger partial charge is 0.507 e. The molecule has 7 nitrogen and oxygen atoms in total. The van der Waals surface area contributed by atoms with Gasteiger partial charge in [-0.25, -0.2) is 0 Å². The van der Waals surface area contributed by atoms with Crippen LogP contribution >= 0.6 is 0 Å². The van der Waals surface area contributed by atoms with E-state index in [2.05, 4.69) is 44.5 Å². The predicted molar refractivity (Wildman–Crippen MR) is 137 cm³/mol. The molecule has 7 heteroatoms. The van der Waals surface area contributed by atoms with Crippen LogP contribution in [0.5, 0.6) is 5.75 Å². The lowest BCUT2D eigenvalue weighted by Gasteiger charge is -2.27. The first-order valence-electron chi connectivity index (χ1n) is 12.3. The second kappa shape index (κ2) is 11.0. The number of carbonyl (C=O) groups is 2. The molecule has 1 atom stereocenters. The lowest BCUT2D eigenvalue weighted by molar-refractivity contribution is -0.140. The number of amides is 1. The molecule has 3 rings (SSSR count). The third-order valence-electron chi connectivity index (χ3n) is 6.42. The Morgan fingerprint density at radius 2 is 1.83 bits per heavy atom. The Balaban J connectivity index is 2.14. The topological polar surface area (TPSA) is 83.0 Å². The molecule has 1 N–H and O–H groups in total. The van der Waals surface area contributed by atoms with Gasteiger partial charge < -0.3 is 19.6 Å². The monoisotopic (exact) mass is 479 g/mol. The molecule has 0 saturated carbocycles. The van der Waals surface area contributed by atoms with Crippen LogP contribution in [0.25, 0.3) is 5.76 Å². The van der Waals surface area contributed by atoms with Crippen molar-refractivity contribution in [1.29, 1.82) is 0 Å². The third-order valence-corrected chi connectivity index (χ3v) is 6.42. The van der Waals surface area contributed by atoms with Crippen molar-refractivity contribution in [1.82, 2.24) is 14.8 Å². The number of benzene rings is 1. The van der Waals surface area contributed by atoms with Crippen LogP contribution in [0.15, 0.2) is 48.2 Å². The molecule has 1 unspecified atom stereocenters. The number of rotatable bonds is 9. The molecule has 2 aromatic rings. The van der Waals surface area contributed by atoms with Gasteiger partial charge in [0, 0.05) is 30.4 Å². The third kappa shape index (κ3) is 5.56. The number of likely N-dealkylation sites (tertiary alicyclic amines) is 1. The fourth-order valence-corrected chi connectivity index (χ4v) is 4.45. The molecule has 0 radical (unpaired) electrons. The molecule has 35 heavy (non-hydrogen) atoms. The summed E-state index contributed by atoms with van der Waals surface area (Å²) in [5, 5.41) is 11.4. The summed E-state index contributed by atoms with van der Waals surface area (Å²) in [4.78, 5) is 34.6. The summed E-state index contributed by atoms with van der Waals surface area (Å²) in [5.41, 5.74) is 1.75. The first-order chi connectivity index (χ1) is 16.6. The van der Waals surface area contributed by atoms with E-state index >= 15 is 0 Å². The van der Waals surface area contributed by atoms with Gasteiger partial charge in [0.15, 0.2) is 0 Å². The van der Waals surface area contributed by atoms with E-state index in [0.29, 0.717) is 31.0 Å². The van der Waals surface area contributed by atoms with Crippen molar-refractivity contribution in [3.8, 4) is 5.75 Å². The highest BCUT2D eigenvalue weighted by Crippen LogP contribution is 2.40. The van der Waals surface area contributed by atoms with Crippen molar-refractivity contribution < 1.29 is 19.4 Å². The lowest BCUT2D eigenvalue weighted by atomic mass is 9.84. The highest BCUT2D eigenvalue weighted by atomic mass is 16.5. The van der Waals surface area contributed by atoms with E-state index in [1.807, 2.05) is 25.1 Å². The van der Waals surface area contributed by atoms with Gasteiger partial charge in [-0.3, -0.25) is 14.6 Å². The molecule has 1 aliphatic rings. The van der Waals surface area contributed by atoms with Crippen molar-refractivity contribution in [2.45, 2.75) is 53.0 Å². The van der Waals surface area contributed by atoms with Gasteiger partial charge in [0.25, 0.3) is 11.7 Å². The zero-order chi connectivity index (χ0) is 25.8. The number of nitrogens with zero attached hydrogens (tertiary/aromatic N) is 3. The number of ether oxygens (including phenoxy) is 1. The minimum absolute atomic E-state index is 0.0669. The fourth-order valence-electron chi connectivity index (χ4n) is 4.45. The first kappa shape index (κ1) is 26.4. The van der Waals surface area contributed by atoms with Crippen molar-refractivity contribution in [3.05, 3.63) is 65.0 Å². The van der Waals surface area contributed by atoms with E-state index in [0.717, 1.165) is 24.4 Å². The van der Waals surface area contributed by atoms with E-state index in [1.54, 1.807) is 24.4 Å². The summed E-state index contributed by atoms with van der Waals surface area (Å²) in [5.74, 6) is -0.768. The van der Waals surface area contributed by atoms with Crippen LogP contribution in [0.3, 0.4) is 0 Å². The molecule has 0 spiro atoms. The number of hydrogen-bond donors (Lipinski definition) is 1. The number of Topliss-reactive ketones (excluding diaryl/α,β-unsaturated/α-hetero) is 1. The molecular weight excluding hydrogens is 442 g/mol. The average molecular weight is 480 g/mol. The van der Waals surface area contributed by atoms with Crippen LogP contribution in [0.4, 0.5) is 0 Å². The van der Waals surface area contributed by atoms with E-state index in [-0.39, 0.29) is 16.7 Å². The summed E-state index contributed by atoms with van der Waals surface area (Å²) in [6.07, 6.45) is 1.63.